The number of hydrogen-bond acceptors (Lipinski definition) is 4. The molecule has 0 aromatic heterocycles. The largest absolute Gasteiger partial charge is 0.480 e. The van der Waals surface area contributed by atoms with E-state index >= 15 is 0 Å². The average molecular weight is 209 g/mol. The van der Waals surface area contributed by atoms with E-state index in [2.05, 4.69) is 25.3 Å². The van der Waals surface area contributed by atoms with Crippen molar-refractivity contribution in [1.82, 2.24) is 0 Å². The fraction of sp³-hybridized carbons (Fsp3) is 0.667. The number of carbonyl (C=O) groups is 2. The molecule has 0 rings (SSSR count). The average Bonchev–Trinajstić information content (AvgIpc) is 1.98. The van der Waals surface area contributed by atoms with E-state index in [0.29, 0.717) is 6.42 Å². The quantitative estimate of drug-likeness (QED) is 0.479. The number of amides is 1. The minimum absolute atomic E-state index is 0.137. The fourth-order valence-corrected chi connectivity index (χ4v) is 1.02. The molecule has 0 fully saturated rings. The number of carboxylic acids is 1. The predicted octanol–water partition coefficient (Wildman–Crippen LogP) is -0.0667. The molecule has 0 saturated heterocycles. The Morgan fingerprint density at radius 1 is 1.42 bits per heavy atom. The van der Waals surface area contributed by atoms with Crippen molar-refractivity contribution in [1.29, 1.82) is 0 Å². The standard InChI is InChI=1S/C6H11NO3S2/c7-4(8)2-1-3(11)5(12)6(9)10/h3,5,11-12H,1-2H2,(H2,7,8)(H,9,10). The molecule has 70 valence electrons. The Morgan fingerprint density at radius 2 is 1.92 bits per heavy atom. The molecule has 0 aromatic rings. The van der Waals surface area contributed by atoms with Gasteiger partial charge in [-0.15, -0.1) is 0 Å². The van der Waals surface area contributed by atoms with Gasteiger partial charge in [-0.2, -0.15) is 25.3 Å². The number of nitrogens with two attached hydrogens (primary N) is 1. The van der Waals surface area contributed by atoms with Crippen molar-refractivity contribution >= 4 is 37.1 Å². The van der Waals surface area contributed by atoms with Gasteiger partial charge >= 0.3 is 5.97 Å². The van der Waals surface area contributed by atoms with Gasteiger partial charge in [0.2, 0.25) is 5.91 Å². The van der Waals surface area contributed by atoms with E-state index < -0.39 is 22.4 Å². The number of carboxylic acid groups (broad SMARTS) is 1. The van der Waals surface area contributed by atoms with Crippen molar-refractivity contribution in [3.8, 4) is 0 Å². The summed E-state index contributed by atoms with van der Waals surface area (Å²) in [4.78, 5) is 20.7. The molecular weight excluding hydrogens is 198 g/mol. The second kappa shape index (κ2) is 5.31. The lowest BCUT2D eigenvalue weighted by atomic mass is 10.2. The summed E-state index contributed by atoms with van der Waals surface area (Å²) in [6.07, 6.45) is 0.470. The monoisotopic (exact) mass is 209 g/mol. The van der Waals surface area contributed by atoms with E-state index in [0.717, 1.165) is 0 Å². The highest BCUT2D eigenvalue weighted by atomic mass is 32.1. The van der Waals surface area contributed by atoms with Crippen LogP contribution < -0.4 is 5.73 Å². The molecule has 6 heteroatoms. The van der Waals surface area contributed by atoms with Gasteiger partial charge in [-0.3, -0.25) is 9.59 Å². The zero-order valence-electron chi connectivity index (χ0n) is 6.30. The molecule has 0 aliphatic carbocycles. The van der Waals surface area contributed by atoms with E-state index in [-0.39, 0.29) is 6.42 Å². The van der Waals surface area contributed by atoms with Crippen LogP contribution in [0.5, 0.6) is 0 Å². The van der Waals surface area contributed by atoms with Crippen LogP contribution in [0.2, 0.25) is 0 Å². The zero-order valence-corrected chi connectivity index (χ0v) is 8.09. The minimum Gasteiger partial charge on any atom is -0.480 e. The van der Waals surface area contributed by atoms with Crippen LogP contribution in [0.3, 0.4) is 0 Å². The summed E-state index contributed by atoms with van der Waals surface area (Å²) in [5.74, 6) is -1.50. The van der Waals surface area contributed by atoms with E-state index in [1.807, 2.05) is 0 Å². The Balaban J connectivity index is 3.79. The molecule has 0 radical (unpaired) electrons. The van der Waals surface area contributed by atoms with Crippen LogP contribution in [-0.4, -0.2) is 27.5 Å². The maximum Gasteiger partial charge on any atom is 0.317 e. The van der Waals surface area contributed by atoms with Crippen molar-refractivity contribution in [2.45, 2.75) is 23.3 Å². The fourth-order valence-electron chi connectivity index (χ4n) is 0.613. The molecule has 0 aliphatic rings. The SMILES string of the molecule is NC(=O)CCC(S)C(S)C(=O)O. The van der Waals surface area contributed by atoms with Crippen LogP contribution in [0.1, 0.15) is 12.8 Å². The molecule has 2 unspecified atom stereocenters. The van der Waals surface area contributed by atoms with Gasteiger partial charge in [0.15, 0.2) is 0 Å². The summed E-state index contributed by atoms with van der Waals surface area (Å²) < 4.78 is 0. The van der Waals surface area contributed by atoms with Crippen molar-refractivity contribution in [3.05, 3.63) is 0 Å². The molecule has 3 N–H and O–H groups in total. The molecule has 0 spiro atoms. The van der Waals surface area contributed by atoms with Gasteiger partial charge in [-0.05, 0) is 6.42 Å². The van der Waals surface area contributed by atoms with Gasteiger partial charge < -0.3 is 10.8 Å². The summed E-state index contributed by atoms with van der Waals surface area (Å²) in [6.45, 7) is 0. The number of thiol groups is 2. The lowest BCUT2D eigenvalue weighted by Crippen LogP contribution is -2.26. The van der Waals surface area contributed by atoms with Gasteiger partial charge in [0.05, 0.1) is 0 Å². The number of rotatable bonds is 5. The first-order valence-corrected chi connectivity index (χ1v) is 4.35. The highest BCUT2D eigenvalue weighted by molar-refractivity contribution is 7.85. The van der Waals surface area contributed by atoms with Crippen molar-refractivity contribution in [2.24, 2.45) is 5.73 Å². The van der Waals surface area contributed by atoms with Gasteiger partial charge in [-0.25, -0.2) is 0 Å². The Kier molecular flexibility index (Phi) is 5.16. The lowest BCUT2D eigenvalue weighted by molar-refractivity contribution is -0.136. The van der Waals surface area contributed by atoms with Crippen LogP contribution >= 0.6 is 25.3 Å². The van der Waals surface area contributed by atoms with E-state index in [1.54, 1.807) is 0 Å². The molecule has 0 heterocycles. The normalized spacial score (nSPS) is 15.2. The van der Waals surface area contributed by atoms with Crippen LogP contribution in [0.15, 0.2) is 0 Å². The van der Waals surface area contributed by atoms with Gasteiger partial charge in [0.25, 0.3) is 0 Å². The highest BCUT2D eigenvalue weighted by Gasteiger charge is 2.21. The topological polar surface area (TPSA) is 80.4 Å². The van der Waals surface area contributed by atoms with Crippen molar-refractivity contribution in [2.75, 3.05) is 0 Å². The molecule has 12 heavy (non-hydrogen) atoms. The molecule has 2 atom stereocenters. The van der Waals surface area contributed by atoms with Crippen LogP contribution in [0.25, 0.3) is 0 Å². The third-order valence-electron chi connectivity index (χ3n) is 1.30. The van der Waals surface area contributed by atoms with Gasteiger partial charge in [0, 0.05) is 11.7 Å². The van der Waals surface area contributed by atoms with Crippen LogP contribution in [0, 0.1) is 0 Å². The Labute approximate surface area is 81.3 Å². The first-order chi connectivity index (χ1) is 5.45. The minimum atomic E-state index is -1.04. The Morgan fingerprint density at radius 3 is 2.25 bits per heavy atom. The second-order valence-corrected chi connectivity index (χ2v) is 3.58. The molecular formula is C6H11NO3S2. The third-order valence-corrected chi connectivity index (χ3v) is 2.68. The summed E-state index contributed by atoms with van der Waals surface area (Å²) in [5.41, 5.74) is 4.87. The van der Waals surface area contributed by atoms with E-state index in [1.165, 1.54) is 0 Å². The highest BCUT2D eigenvalue weighted by Crippen LogP contribution is 2.14. The molecule has 4 nitrogen and oxygen atoms in total. The van der Waals surface area contributed by atoms with Gasteiger partial charge in [0.1, 0.15) is 5.25 Å². The molecule has 1 amide bonds. The second-order valence-electron chi connectivity index (χ2n) is 2.36. The molecule has 0 bridgehead atoms. The van der Waals surface area contributed by atoms with Crippen molar-refractivity contribution in [3.63, 3.8) is 0 Å². The van der Waals surface area contributed by atoms with Crippen LogP contribution in [0.4, 0.5) is 0 Å². The summed E-state index contributed by atoms with van der Waals surface area (Å²) >= 11 is 7.77. The first-order valence-electron chi connectivity index (χ1n) is 3.32. The number of carbonyl (C=O) groups excluding carboxylic acids is 1. The van der Waals surface area contributed by atoms with Crippen LogP contribution in [-0.2, 0) is 9.59 Å². The Hall–Kier alpha value is -0.360. The predicted molar refractivity (Wildman–Crippen MR) is 51.6 cm³/mol. The first kappa shape index (κ1) is 11.6. The zero-order chi connectivity index (χ0) is 9.72. The smallest absolute Gasteiger partial charge is 0.317 e. The number of primary amides is 1. The Bertz CT molecular complexity index is 186. The van der Waals surface area contributed by atoms with Gasteiger partial charge in [-0.1, -0.05) is 0 Å². The van der Waals surface area contributed by atoms with Crippen molar-refractivity contribution < 1.29 is 14.7 Å². The summed E-state index contributed by atoms with van der Waals surface area (Å²) in [7, 11) is 0. The maximum atomic E-state index is 10.3. The molecule has 0 saturated carbocycles. The van der Waals surface area contributed by atoms with E-state index in [9.17, 15) is 9.59 Å². The number of aliphatic carboxylic acids is 1. The van der Waals surface area contributed by atoms with E-state index in [4.69, 9.17) is 10.8 Å². The summed E-state index contributed by atoms with van der Waals surface area (Å²) in [5, 5.41) is 7.18. The summed E-state index contributed by atoms with van der Waals surface area (Å²) in [6, 6.07) is 0. The maximum absolute atomic E-state index is 10.3. The number of hydrogen-bond donors (Lipinski definition) is 4. The molecule has 0 aliphatic heterocycles. The molecule has 0 aromatic carbocycles. The lowest BCUT2D eigenvalue weighted by Gasteiger charge is -2.12. The third kappa shape index (κ3) is 4.50.